The fourth-order valence-corrected chi connectivity index (χ4v) is 3.99. The maximum atomic E-state index is 13.5. The third-order valence-corrected chi connectivity index (χ3v) is 5.57. The van der Waals surface area contributed by atoms with Crippen LogP contribution in [0.15, 0.2) is 76.1 Å². The summed E-state index contributed by atoms with van der Waals surface area (Å²) < 4.78 is 10.7. The van der Waals surface area contributed by atoms with Crippen LogP contribution in [-0.4, -0.2) is 24.0 Å². The molecule has 7 heteroatoms. The summed E-state index contributed by atoms with van der Waals surface area (Å²) in [7, 11) is 1.31. The number of carbonyl (C=O) groups excluding carboxylic acids is 2. The zero-order valence-electron chi connectivity index (χ0n) is 17.4. The van der Waals surface area contributed by atoms with Gasteiger partial charge in [0.1, 0.15) is 11.4 Å². The van der Waals surface area contributed by atoms with E-state index in [1.54, 1.807) is 60.8 Å². The van der Waals surface area contributed by atoms with Crippen LogP contribution < -0.4 is 10.3 Å². The van der Waals surface area contributed by atoms with Crippen LogP contribution in [0.5, 0.6) is 0 Å². The summed E-state index contributed by atoms with van der Waals surface area (Å²) in [4.78, 5) is 44.7. The lowest BCUT2D eigenvalue weighted by atomic mass is 9.97. The first-order valence-corrected chi connectivity index (χ1v) is 10.00. The van der Waals surface area contributed by atoms with Crippen LogP contribution in [0.25, 0.3) is 11.0 Å². The summed E-state index contributed by atoms with van der Waals surface area (Å²) in [5.74, 6) is -0.515. The first kappa shape index (κ1) is 19.7. The molecule has 0 fully saturated rings. The van der Waals surface area contributed by atoms with Crippen molar-refractivity contribution in [1.82, 2.24) is 4.98 Å². The van der Waals surface area contributed by atoms with Crippen LogP contribution in [0, 0.1) is 6.92 Å². The number of benzene rings is 2. The lowest BCUT2D eigenvalue weighted by Gasteiger charge is -2.24. The fraction of sp³-hybridized carbons (Fsp3) is 0.120. The van der Waals surface area contributed by atoms with E-state index in [0.717, 1.165) is 5.56 Å². The van der Waals surface area contributed by atoms with Crippen LogP contribution in [0.2, 0.25) is 0 Å². The number of hydrogen-bond acceptors (Lipinski definition) is 6. The molecule has 0 spiro atoms. The topological polar surface area (TPSA) is 89.7 Å². The van der Waals surface area contributed by atoms with Gasteiger partial charge in [0.2, 0.25) is 5.76 Å². The third-order valence-electron chi connectivity index (χ3n) is 5.57. The molecule has 0 saturated heterocycles. The number of anilines is 1. The predicted molar refractivity (Wildman–Crippen MR) is 118 cm³/mol. The molecule has 158 valence electrons. The van der Waals surface area contributed by atoms with E-state index in [0.29, 0.717) is 27.9 Å². The van der Waals surface area contributed by atoms with Gasteiger partial charge in [0, 0.05) is 6.20 Å². The van der Waals surface area contributed by atoms with E-state index in [2.05, 4.69) is 4.98 Å². The molecule has 1 aliphatic heterocycles. The monoisotopic (exact) mass is 426 g/mol. The van der Waals surface area contributed by atoms with Crippen molar-refractivity contribution < 1.29 is 18.7 Å². The van der Waals surface area contributed by atoms with Gasteiger partial charge in [0.25, 0.3) is 5.91 Å². The average molecular weight is 426 g/mol. The molecule has 1 aliphatic rings. The van der Waals surface area contributed by atoms with Gasteiger partial charge in [0.05, 0.1) is 29.7 Å². The van der Waals surface area contributed by atoms with E-state index in [-0.39, 0.29) is 16.8 Å². The number of amides is 1. The number of esters is 1. The standard InChI is InChI=1S/C25H18N2O5/c1-14-7-12-19(26-13-14)27-21(15-8-10-16(11-9-15)25(30)31-2)20-22(28)17-5-3-4-6-18(17)32-23(20)24(27)29/h3-13,21H,1-2H3/t21-/m0/s1. The molecule has 1 amide bonds. The summed E-state index contributed by atoms with van der Waals surface area (Å²) in [6, 6.07) is 16.3. The molecule has 2 aromatic carbocycles. The number of para-hydroxylation sites is 1. The van der Waals surface area contributed by atoms with Crippen molar-refractivity contribution in [2.75, 3.05) is 12.0 Å². The number of hydrogen-bond donors (Lipinski definition) is 0. The average Bonchev–Trinajstić information content (AvgIpc) is 3.12. The van der Waals surface area contributed by atoms with Gasteiger partial charge in [-0.05, 0) is 48.4 Å². The van der Waals surface area contributed by atoms with Crippen LogP contribution in [0.4, 0.5) is 5.82 Å². The number of carbonyl (C=O) groups is 2. The second-order valence-electron chi connectivity index (χ2n) is 7.56. The SMILES string of the molecule is COC(=O)c1ccc([C@H]2c3c(oc4ccccc4c3=O)C(=O)N2c2ccc(C)cn2)cc1. The van der Waals surface area contributed by atoms with E-state index >= 15 is 0 Å². The fourth-order valence-electron chi connectivity index (χ4n) is 3.99. The van der Waals surface area contributed by atoms with Crippen molar-refractivity contribution in [2.24, 2.45) is 0 Å². The molecule has 5 rings (SSSR count). The van der Waals surface area contributed by atoms with Gasteiger partial charge in [-0.3, -0.25) is 14.5 Å². The van der Waals surface area contributed by atoms with E-state index in [1.807, 2.05) is 13.0 Å². The molecule has 0 bridgehead atoms. The summed E-state index contributed by atoms with van der Waals surface area (Å²) in [6.45, 7) is 1.90. The van der Waals surface area contributed by atoms with Crippen molar-refractivity contribution in [3.8, 4) is 0 Å². The molecular formula is C25H18N2O5. The van der Waals surface area contributed by atoms with Crippen LogP contribution in [0.3, 0.4) is 0 Å². The molecule has 0 aliphatic carbocycles. The molecule has 4 aromatic rings. The van der Waals surface area contributed by atoms with Crippen molar-refractivity contribution in [3.05, 3.63) is 105 Å². The largest absolute Gasteiger partial charge is 0.465 e. The van der Waals surface area contributed by atoms with E-state index in [4.69, 9.17) is 9.15 Å². The van der Waals surface area contributed by atoms with Crippen molar-refractivity contribution in [1.29, 1.82) is 0 Å². The molecule has 32 heavy (non-hydrogen) atoms. The zero-order chi connectivity index (χ0) is 22.4. The van der Waals surface area contributed by atoms with Gasteiger partial charge >= 0.3 is 5.97 Å². The molecule has 0 unspecified atom stereocenters. The van der Waals surface area contributed by atoms with Gasteiger partial charge in [-0.15, -0.1) is 0 Å². The predicted octanol–water partition coefficient (Wildman–Crippen LogP) is 4.03. The van der Waals surface area contributed by atoms with Crippen molar-refractivity contribution in [2.45, 2.75) is 13.0 Å². The van der Waals surface area contributed by atoms with Gasteiger partial charge < -0.3 is 9.15 Å². The Labute approximate surface area is 182 Å². The normalized spacial score (nSPS) is 15.1. The number of pyridine rings is 1. The third kappa shape index (κ3) is 2.98. The number of aryl methyl sites for hydroxylation is 1. The highest BCUT2D eigenvalue weighted by molar-refractivity contribution is 6.10. The molecule has 0 saturated carbocycles. The maximum Gasteiger partial charge on any atom is 0.337 e. The van der Waals surface area contributed by atoms with Gasteiger partial charge in [-0.25, -0.2) is 9.78 Å². The first-order chi connectivity index (χ1) is 15.5. The Hall–Kier alpha value is -4.26. The minimum absolute atomic E-state index is 0.00174. The van der Waals surface area contributed by atoms with Gasteiger partial charge in [-0.1, -0.05) is 30.3 Å². The smallest absolute Gasteiger partial charge is 0.337 e. The number of aromatic nitrogens is 1. The molecule has 3 heterocycles. The molecule has 0 N–H and O–H groups in total. The minimum atomic E-state index is -0.750. The quantitative estimate of drug-likeness (QED) is 0.460. The zero-order valence-corrected chi connectivity index (χ0v) is 17.4. The number of rotatable bonds is 3. The Kier molecular flexibility index (Phi) is 4.59. The Morgan fingerprint density at radius 3 is 2.47 bits per heavy atom. The summed E-state index contributed by atoms with van der Waals surface area (Å²) in [6.07, 6.45) is 1.66. The molecule has 7 nitrogen and oxygen atoms in total. The highest BCUT2D eigenvalue weighted by atomic mass is 16.5. The van der Waals surface area contributed by atoms with Gasteiger partial charge in [0.15, 0.2) is 5.43 Å². The van der Waals surface area contributed by atoms with Crippen LogP contribution >= 0.6 is 0 Å². The lowest BCUT2D eigenvalue weighted by Crippen LogP contribution is -2.30. The Bertz CT molecular complexity index is 1420. The van der Waals surface area contributed by atoms with Gasteiger partial charge in [-0.2, -0.15) is 0 Å². The van der Waals surface area contributed by atoms with Crippen LogP contribution in [-0.2, 0) is 4.74 Å². The second kappa shape index (κ2) is 7.46. The highest BCUT2D eigenvalue weighted by Gasteiger charge is 2.44. The van der Waals surface area contributed by atoms with E-state index in [9.17, 15) is 14.4 Å². The minimum Gasteiger partial charge on any atom is -0.465 e. The van der Waals surface area contributed by atoms with Crippen molar-refractivity contribution in [3.63, 3.8) is 0 Å². The summed E-state index contributed by atoms with van der Waals surface area (Å²) in [5.41, 5.74) is 2.29. The molecule has 0 radical (unpaired) electrons. The molecule has 2 aromatic heterocycles. The number of nitrogens with zero attached hydrogens (tertiary/aromatic N) is 2. The maximum absolute atomic E-state index is 13.5. The summed E-state index contributed by atoms with van der Waals surface area (Å²) >= 11 is 0. The number of fused-ring (bicyclic) bond motifs is 2. The second-order valence-corrected chi connectivity index (χ2v) is 7.56. The number of methoxy groups -OCH3 is 1. The van der Waals surface area contributed by atoms with Crippen LogP contribution in [0.1, 0.15) is 43.6 Å². The lowest BCUT2D eigenvalue weighted by molar-refractivity contribution is 0.0600. The summed E-state index contributed by atoms with van der Waals surface area (Å²) in [5, 5.41) is 0.397. The molecular weight excluding hydrogens is 408 g/mol. The van der Waals surface area contributed by atoms with E-state index in [1.165, 1.54) is 12.0 Å². The number of ether oxygens (including phenoxy) is 1. The Balaban J connectivity index is 1.75. The highest BCUT2D eigenvalue weighted by Crippen LogP contribution is 2.40. The Morgan fingerprint density at radius 2 is 1.78 bits per heavy atom. The van der Waals surface area contributed by atoms with E-state index < -0.39 is 17.9 Å². The van der Waals surface area contributed by atoms with Crippen molar-refractivity contribution >= 4 is 28.7 Å². The first-order valence-electron chi connectivity index (χ1n) is 10.00. The molecule has 1 atom stereocenters. The Morgan fingerprint density at radius 1 is 1.03 bits per heavy atom.